The van der Waals surface area contributed by atoms with E-state index in [9.17, 15) is 4.79 Å². The highest BCUT2D eigenvalue weighted by molar-refractivity contribution is 5.85. The first kappa shape index (κ1) is 24.5. The highest BCUT2D eigenvalue weighted by atomic mass is 19.1. The van der Waals surface area contributed by atoms with Gasteiger partial charge in [-0.05, 0) is 57.9 Å². The number of nitrogens with zero attached hydrogens (tertiary/aromatic N) is 4. The smallest absolute Gasteiger partial charge is 0.410 e. The summed E-state index contributed by atoms with van der Waals surface area (Å²) < 4.78 is 28.6. The molecule has 0 saturated carbocycles. The van der Waals surface area contributed by atoms with E-state index in [-0.39, 0.29) is 17.8 Å². The molecule has 37 heavy (non-hydrogen) atoms. The van der Waals surface area contributed by atoms with Crippen LogP contribution in [0, 0.1) is 5.82 Å². The topological polar surface area (TPSA) is 95.0 Å². The molecule has 1 aliphatic rings. The zero-order valence-corrected chi connectivity index (χ0v) is 21.1. The number of fused-ring (bicyclic) bond motifs is 1. The summed E-state index contributed by atoms with van der Waals surface area (Å²) in [7, 11) is 0. The Balaban J connectivity index is 1.49. The number of hydrogen-bond donors (Lipinski definition) is 1. The molecule has 1 saturated heterocycles. The maximum absolute atomic E-state index is 15.4. The van der Waals surface area contributed by atoms with Crippen molar-refractivity contribution in [2.45, 2.75) is 45.1 Å². The molecule has 2 aromatic heterocycles. The molecule has 1 aliphatic heterocycles. The van der Waals surface area contributed by atoms with Crippen molar-refractivity contribution >= 4 is 17.4 Å². The van der Waals surface area contributed by atoms with Crippen LogP contribution in [-0.4, -0.2) is 44.1 Å². The predicted octanol–water partition coefficient (Wildman–Crippen LogP) is 6.02. The first-order valence-corrected chi connectivity index (χ1v) is 12.3. The van der Waals surface area contributed by atoms with Gasteiger partial charge in [0.05, 0.1) is 0 Å². The lowest BCUT2D eigenvalue weighted by molar-refractivity contribution is 0.0196. The van der Waals surface area contributed by atoms with E-state index in [1.165, 1.54) is 6.07 Å². The van der Waals surface area contributed by atoms with Crippen LogP contribution in [0.3, 0.4) is 0 Å². The summed E-state index contributed by atoms with van der Waals surface area (Å²) in [5, 5.41) is 0. The van der Waals surface area contributed by atoms with Crippen LogP contribution in [0.2, 0.25) is 0 Å². The van der Waals surface area contributed by atoms with E-state index in [4.69, 9.17) is 20.2 Å². The van der Waals surface area contributed by atoms with Gasteiger partial charge < -0.3 is 20.1 Å². The molecule has 4 aromatic rings. The van der Waals surface area contributed by atoms with Crippen LogP contribution >= 0.6 is 0 Å². The Morgan fingerprint density at radius 1 is 1.14 bits per heavy atom. The second-order valence-corrected chi connectivity index (χ2v) is 10.2. The average Bonchev–Trinajstić information content (AvgIpc) is 3.25. The van der Waals surface area contributed by atoms with Crippen LogP contribution < -0.4 is 10.5 Å². The normalized spacial score (nSPS) is 16.1. The number of ether oxygens (including phenoxy) is 2. The minimum Gasteiger partial charge on any atom is -0.457 e. The monoisotopic (exact) mass is 503 g/mol. The van der Waals surface area contributed by atoms with Gasteiger partial charge in [-0.3, -0.25) is 4.40 Å². The SMILES string of the molecule is CC(C)(C)OC(=O)N1CCCC(c2nc(-c3ccc(Oc4ccccc4)cc3F)c3c(N)nccn23)C1. The molecule has 0 spiro atoms. The van der Waals surface area contributed by atoms with Gasteiger partial charge in [-0.15, -0.1) is 0 Å². The third-order valence-corrected chi connectivity index (χ3v) is 6.22. The Hall–Kier alpha value is -4.14. The third kappa shape index (κ3) is 5.21. The fourth-order valence-corrected chi connectivity index (χ4v) is 4.62. The van der Waals surface area contributed by atoms with Crippen molar-refractivity contribution in [3.8, 4) is 22.8 Å². The maximum atomic E-state index is 15.4. The van der Waals surface area contributed by atoms with Gasteiger partial charge >= 0.3 is 6.09 Å². The summed E-state index contributed by atoms with van der Waals surface area (Å²) in [6, 6.07) is 13.9. The molecule has 0 bridgehead atoms. The number of hydrogen-bond acceptors (Lipinski definition) is 6. The van der Waals surface area contributed by atoms with Crippen molar-refractivity contribution in [3.05, 3.63) is 72.6 Å². The van der Waals surface area contributed by atoms with Crippen molar-refractivity contribution < 1.29 is 18.7 Å². The molecule has 1 unspecified atom stereocenters. The molecule has 1 atom stereocenters. The summed E-state index contributed by atoms with van der Waals surface area (Å²) in [6.07, 6.45) is 4.65. The zero-order chi connectivity index (χ0) is 26.2. The fraction of sp³-hybridized carbons (Fsp3) is 0.321. The predicted molar refractivity (Wildman–Crippen MR) is 139 cm³/mol. The molecule has 2 N–H and O–H groups in total. The highest BCUT2D eigenvalue weighted by Gasteiger charge is 2.32. The summed E-state index contributed by atoms with van der Waals surface area (Å²) in [5.41, 5.74) is 6.91. The Bertz CT molecular complexity index is 1430. The van der Waals surface area contributed by atoms with Crippen molar-refractivity contribution in [2.75, 3.05) is 18.8 Å². The summed E-state index contributed by atoms with van der Waals surface area (Å²) in [4.78, 5) is 23.5. The molecule has 0 aliphatic carbocycles. The molecule has 1 fully saturated rings. The van der Waals surface area contributed by atoms with Gasteiger partial charge in [0.25, 0.3) is 0 Å². The lowest BCUT2D eigenvalue weighted by Crippen LogP contribution is -2.42. The third-order valence-electron chi connectivity index (χ3n) is 6.22. The van der Waals surface area contributed by atoms with Crippen LogP contribution in [-0.2, 0) is 4.74 Å². The van der Waals surface area contributed by atoms with E-state index in [0.29, 0.717) is 47.2 Å². The number of halogens is 1. The Morgan fingerprint density at radius 3 is 2.65 bits per heavy atom. The molecular formula is C28H30FN5O3. The number of benzene rings is 2. The van der Waals surface area contributed by atoms with Crippen LogP contribution in [0.5, 0.6) is 11.5 Å². The minimum absolute atomic E-state index is 0.0759. The number of nitrogens with two attached hydrogens (primary N) is 1. The number of rotatable bonds is 4. The Morgan fingerprint density at radius 2 is 1.92 bits per heavy atom. The second-order valence-electron chi connectivity index (χ2n) is 10.2. The summed E-state index contributed by atoms with van der Waals surface area (Å²) in [5.74, 6) is 1.39. The molecule has 2 aromatic carbocycles. The molecule has 3 heterocycles. The molecule has 192 valence electrons. The number of amides is 1. The number of nitrogen functional groups attached to an aromatic ring is 1. The number of anilines is 1. The molecule has 0 radical (unpaired) electrons. The van der Waals surface area contributed by atoms with E-state index in [1.807, 2.05) is 43.4 Å². The number of aromatic nitrogens is 3. The standard InChI is InChI=1S/C28H30FN5O3/c1-28(2,3)37-27(35)33-14-7-8-18(17-33)26-32-23(24-25(30)31-13-15-34(24)26)21-12-11-20(16-22(21)29)36-19-9-5-4-6-10-19/h4-6,9-13,15-16,18H,7-8,14,17H2,1-3H3,(H2,30,31). The average molecular weight is 504 g/mol. The van der Waals surface area contributed by atoms with Gasteiger partial charge in [0.2, 0.25) is 0 Å². The first-order valence-electron chi connectivity index (χ1n) is 12.3. The number of imidazole rings is 1. The summed E-state index contributed by atoms with van der Waals surface area (Å²) >= 11 is 0. The molecule has 5 rings (SSSR count). The van der Waals surface area contributed by atoms with E-state index in [1.54, 1.807) is 41.6 Å². The van der Waals surface area contributed by atoms with Gasteiger partial charge in [-0.1, -0.05) is 18.2 Å². The van der Waals surface area contributed by atoms with Crippen LogP contribution in [0.15, 0.2) is 60.9 Å². The number of para-hydroxylation sites is 1. The molecular weight excluding hydrogens is 473 g/mol. The minimum atomic E-state index is -0.578. The fourth-order valence-electron chi connectivity index (χ4n) is 4.62. The Kier molecular flexibility index (Phi) is 6.45. The van der Waals surface area contributed by atoms with E-state index >= 15 is 4.39 Å². The van der Waals surface area contributed by atoms with Crippen LogP contribution in [0.1, 0.15) is 45.4 Å². The molecule has 8 nitrogen and oxygen atoms in total. The van der Waals surface area contributed by atoms with E-state index in [2.05, 4.69) is 4.98 Å². The molecule has 1 amide bonds. The van der Waals surface area contributed by atoms with Gasteiger partial charge in [0.15, 0.2) is 0 Å². The molecule has 9 heteroatoms. The maximum Gasteiger partial charge on any atom is 0.410 e. The number of carbonyl (C=O) groups excluding carboxylic acids is 1. The van der Waals surface area contributed by atoms with Gasteiger partial charge in [-0.25, -0.2) is 19.2 Å². The Labute approximate surface area is 214 Å². The van der Waals surface area contributed by atoms with E-state index in [0.717, 1.165) is 12.8 Å². The highest BCUT2D eigenvalue weighted by Crippen LogP contribution is 2.36. The first-order chi connectivity index (χ1) is 17.7. The second kappa shape index (κ2) is 9.72. The number of piperidine rings is 1. The van der Waals surface area contributed by atoms with Crippen molar-refractivity contribution in [1.82, 2.24) is 19.3 Å². The number of likely N-dealkylation sites (tertiary alicyclic amines) is 1. The van der Waals surface area contributed by atoms with Gasteiger partial charge in [0, 0.05) is 43.0 Å². The van der Waals surface area contributed by atoms with Gasteiger partial charge in [0.1, 0.15) is 45.8 Å². The quantitative estimate of drug-likeness (QED) is 0.366. The van der Waals surface area contributed by atoms with Gasteiger partial charge in [-0.2, -0.15) is 0 Å². The van der Waals surface area contributed by atoms with Crippen molar-refractivity contribution in [2.24, 2.45) is 0 Å². The van der Waals surface area contributed by atoms with Crippen molar-refractivity contribution in [3.63, 3.8) is 0 Å². The number of carbonyl (C=O) groups is 1. The van der Waals surface area contributed by atoms with Crippen molar-refractivity contribution in [1.29, 1.82) is 0 Å². The van der Waals surface area contributed by atoms with E-state index < -0.39 is 11.4 Å². The largest absolute Gasteiger partial charge is 0.457 e. The summed E-state index contributed by atoms with van der Waals surface area (Å²) in [6.45, 7) is 6.61. The lowest BCUT2D eigenvalue weighted by atomic mass is 9.97. The van der Waals surface area contributed by atoms with Crippen LogP contribution in [0.4, 0.5) is 15.0 Å². The van der Waals surface area contributed by atoms with Crippen LogP contribution in [0.25, 0.3) is 16.8 Å². The zero-order valence-electron chi connectivity index (χ0n) is 21.1. The lowest BCUT2D eigenvalue weighted by Gasteiger charge is -2.33.